The predicted octanol–water partition coefficient (Wildman–Crippen LogP) is 1.34. The molecular weight excluding hydrogens is 232 g/mol. The van der Waals surface area contributed by atoms with Gasteiger partial charge in [0.25, 0.3) is 5.56 Å². The van der Waals surface area contributed by atoms with Crippen molar-refractivity contribution in [3.05, 3.63) is 69.6 Å². The van der Waals surface area contributed by atoms with Crippen LogP contribution >= 0.6 is 0 Å². The second kappa shape index (κ2) is 3.96. The Hall–Kier alpha value is -2.69. The Labute approximate surface area is 101 Å². The summed E-state index contributed by atoms with van der Waals surface area (Å²) >= 11 is 0. The fraction of sp³-hybridized carbons (Fsp3) is 0. The molecule has 0 unspecified atom stereocenters. The van der Waals surface area contributed by atoms with E-state index in [4.69, 9.17) is 4.42 Å². The highest BCUT2D eigenvalue weighted by atomic mass is 16.4. The lowest BCUT2D eigenvalue weighted by Crippen LogP contribution is -2.31. The Morgan fingerprint density at radius 3 is 2.56 bits per heavy atom. The van der Waals surface area contributed by atoms with Crippen molar-refractivity contribution in [1.29, 1.82) is 0 Å². The van der Waals surface area contributed by atoms with Crippen LogP contribution in [-0.2, 0) is 0 Å². The van der Waals surface area contributed by atoms with Crippen LogP contribution in [0, 0.1) is 0 Å². The smallest absolute Gasteiger partial charge is 0.390 e. The van der Waals surface area contributed by atoms with Crippen LogP contribution in [0.25, 0.3) is 16.8 Å². The van der Waals surface area contributed by atoms with Crippen molar-refractivity contribution >= 4 is 11.1 Å². The minimum Gasteiger partial charge on any atom is -0.390 e. The fourth-order valence-corrected chi connectivity index (χ4v) is 1.77. The zero-order valence-corrected chi connectivity index (χ0v) is 9.24. The van der Waals surface area contributed by atoms with Crippen LogP contribution in [-0.4, -0.2) is 9.55 Å². The van der Waals surface area contributed by atoms with E-state index in [0.717, 1.165) is 4.57 Å². The van der Waals surface area contributed by atoms with Crippen LogP contribution in [0.15, 0.2) is 62.7 Å². The molecular formula is C13H8N2O3. The number of pyridine rings is 1. The molecule has 2 heterocycles. The van der Waals surface area contributed by atoms with Gasteiger partial charge in [-0.15, -0.1) is 0 Å². The molecule has 88 valence electrons. The molecule has 0 saturated heterocycles. The maximum absolute atomic E-state index is 12.2. The molecule has 5 heteroatoms. The lowest BCUT2D eigenvalue weighted by Gasteiger charge is -2.03. The summed E-state index contributed by atoms with van der Waals surface area (Å²) in [6, 6.07) is 11.8. The van der Waals surface area contributed by atoms with Gasteiger partial charge >= 0.3 is 5.76 Å². The van der Waals surface area contributed by atoms with Crippen LogP contribution < -0.4 is 11.3 Å². The van der Waals surface area contributed by atoms with Crippen LogP contribution in [0.5, 0.6) is 0 Å². The molecule has 0 spiro atoms. The van der Waals surface area contributed by atoms with Crippen molar-refractivity contribution in [3.63, 3.8) is 0 Å². The van der Waals surface area contributed by atoms with E-state index in [2.05, 4.69) is 4.98 Å². The van der Waals surface area contributed by atoms with E-state index in [0.29, 0.717) is 5.69 Å². The average molecular weight is 240 g/mol. The number of hydrogen-bond donors (Lipinski definition) is 0. The number of fused-ring (bicyclic) bond motifs is 1. The van der Waals surface area contributed by atoms with E-state index in [1.54, 1.807) is 42.5 Å². The second-order valence-corrected chi connectivity index (χ2v) is 3.70. The van der Waals surface area contributed by atoms with Crippen molar-refractivity contribution < 1.29 is 4.42 Å². The largest absolute Gasteiger partial charge is 0.428 e. The van der Waals surface area contributed by atoms with E-state index in [1.165, 1.54) is 6.20 Å². The molecule has 0 N–H and O–H groups in total. The first kappa shape index (κ1) is 10.5. The molecule has 0 bridgehead atoms. The van der Waals surface area contributed by atoms with Crippen molar-refractivity contribution in [1.82, 2.24) is 9.55 Å². The number of para-hydroxylation sites is 1. The van der Waals surface area contributed by atoms with Gasteiger partial charge in [-0.05, 0) is 24.3 Å². The molecule has 0 saturated carbocycles. The molecule has 1 aromatic carbocycles. The summed E-state index contributed by atoms with van der Waals surface area (Å²) in [5.74, 6) is -0.739. The third-order valence-electron chi connectivity index (χ3n) is 2.59. The van der Waals surface area contributed by atoms with Gasteiger partial charge in [-0.1, -0.05) is 18.2 Å². The first-order valence-electron chi connectivity index (χ1n) is 5.34. The molecule has 5 nitrogen and oxygen atoms in total. The Balaban J connectivity index is 2.45. The van der Waals surface area contributed by atoms with Crippen molar-refractivity contribution in [2.75, 3.05) is 0 Å². The first-order valence-corrected chi connectivity index (χ1v) is 5.34. The number of rotatable bonds is 1. The third-order valence-corrected chi connectivity index (χ3v) is 2.59. The molecule has 2 aromatic heterocycles. The number of hydrogen-bond acceptors (Lipinski definition) is 4. The Morgan fingerprint density at radius 1 is 1.00 bits per heavy atom. The third kappa shape index (κ3) is 1.53. The zero-order valence-electron chi connectivity index (χ0n) is 9.24. The van der Waals surface area contributed by atoms with Gasteiger partial charge in [-0.25, -0.2) is 14.3 Å². The van der Waals surface area contributed by atoms with Gasteiger partial charge in [0, 0.05) is 6.20 Å². The van der Waals surface area contributed by atoms with Gasteiger partial charge in [0.05, 0.1) is 5.69 Å². The van der Waals surface area contributed by atoms with Gasteiger partial charge in [0.15, 0.2) is 0 Å². The van der Waals surface area contributed by atoms with Crippen LogP contribution in [0.4, 0.5) is 0 Å². The summed E-state index contributed by atoms with van der Waals surface area (Å²) in [6.45, 7) is 0. The van der Waals surface area contributed by atoms with E-state index in [9.17, 15) is 9.59 Å². The highest BCUT2D eigenvalue weighted by molar-refractivity contribution is 5.71. The van der Waals surface area contributed by atoms with E-state index in [-0.39, 0.29) is 11.1 Å². The lowest BCUT2D eigenvalue weighted by atomic mass is 10.3. The summed E-state index contributed by atoms with van der Waals surface area (Å²) in [7, 11) is 0. The Bertz CT molecular complexity index is 819. The van der Waals surface area contributed by atoms with Crippen LogP contribution in [0.3, 0.4) is 0 Å². The number of benzene rings is 1. The average Bonchev–Trinajstić information content (AvgIpc) is 2.40. The minimum absolute atomic E-state index is 0.0553. The first-order chi connectivity index (χ1) is 8.77. The number of nitrogens with zero attached hydrogens (tertiary/aromatic N) is 2. The summed E-state index contributed by atoms with van der Waals surface area (Å²) in [5, 5.41) is 0.279. The SMILES string of the molecule is O=c1oc2ncccc2c(=O)n1-c1ccccc1. The standard InChI is InChI=1S/C13H8N2O3/c16-12-10-7-4-8-14-11(10)18-13(17)15(12)9-5-2-1-3-6-9/h1-8H. The van der Waals surface area contributed by atoms with Gasteiger partial charge in [0.1, 0.15) is 5.39 Å². The van der Waals surface area contributed by atoms with Crippen LogP contribution in [0.1, 0.15) is 0 Å². The topological polar surface area (TPSA) is 65.1 Å². The molecule has 0 atom stereocenters. The Morgan fingerprint density at radius 2 is 1.78 bits per heavy atom. The molecule has 0 aliphatic rings. The molecule has 0 radical (unpaired) electrons. The van der Waals surface area contributed by atoms with Gasteiger partial charge in [-0.2, -0.15) is 0 Å². The lowest BCUT2D eigenvalue weighted by molar-refractivity contribution is 0.495. The molecule has 3 rings (SSSR count). The molecule has 0 aliphatic carbocycles. The zero-order chi connectivity index (χ0) is 12.5. The van der Waals surface area contributed by atoms with Crippen LogP contribution in [0.2, 0.25) is 0 Å². The predicted molar refractivity (Wildman–Crippen MR) is 65.9 cm³/mol. The second-order valence-electron chi connectivity index (χ2n) is 3.70. The molecule has 0 amide bonds. The summed E-state index contributed by atoms with van der Waals surface area (Å²) in [5.41, 5.74) is 0.0993. The van der Waals surface area contributed by atoms with E-state index >= 15 is 0 Å². The van der Waals surface area contributed by atoms with Crippen molar-refractivity contribution in [2.45, 2.75) is 0 Å². The summed E-state index contributed by atoms with van der Waals surface area (Å²) in [4.78, 5) is 27.9. The van der Waals surface area contributed by atoms with Crippen molar-refractivity contribution in [3.8, 4) is 5.69 Å². The van der Waals surface area contributed by atoms with E-state index < -0.39 is 11.3 Å². The van der Waals surface area contributed by atoms with Gasteiger partial charge in [0.2, 0.25) is 5.71 Å². The van der Waals surface area contributed by atoms with Crippen molar-refractivity contribution in [2.24, 2.45) is 0 Å². The van der Waals surface area contributed by atoms with Gasteiger partial charge in [-0.3, -0.25) is 4.79 Å². The van der Waals surface area contributed by atoms with Gasteiger partial charge < -0.3 is 4.42 Å². The minimum atomic E-state index is -0.739. The summed E-state index contributed by atoms with van der Waals surface area (Å²) < 4.78 is 6.01. The maximum atomic E-state index is 12.2. The Kier molecular flexibility index (Phi) is 2.30. The summed E-state index contributed by atoms with van der Waals surface area (Å²) in [6.07, 6.45) is 1.47. The number of aromatic nitrogens is 2. The quantitative estimate of drug-likeness (QED) is 0.643. The highest BCUT2D eigenvalue weighted by Gasteiger charge is 2.11. The molecule has 3 aromatic rings. The monoisotopic (exact) mass is 240 g/mol. The highest BCUT2D eigenvalue weighted by Crippen LogP contribution is 2.06. The molecule has 0 fully saturated rings. The molecule has 0 aliphatic heterocycles. The van der Waals surface area contributed by atoms with E-state index in [1.807, 2.05) is 0 Å². The molecule has 18 heavy (non-hydrogen) atoms. The normalized spacial score (nSPS) is 10.7. The maximum Gasteiger partial charge on any atom is 0.428 e. The fourth-order valence-electron chi connectivity index (χ4n) is 1.77.